The highest BCUT2D eigenvalue weighted by Gasteiger charge is 2.17. The Morgan fingerprint density at radius 2 is 1.27 bits per heavy atom. The van der Waals surface area contributed by atoms with E-state index in [2.05, 4.69) is 57.6 Å². The summed E-state index contributed by atoms with van der Waals surface area (Å²) in [5, 5.41) is 13.6. The summed E-state index contributed by atoms with van der Waals surface area (Å²) < 4.78 is 0. The standard InChI is InChI=1S/C26H28N4O3/c31-26(18-21-8-12-25(13-9-21)30(32)33)27-24-10-6-23(7-11-24)20-29-16-14-28(15-17-29)19-22-4-2-1-3-5-22/h1-13H,14-20H2,(H,27,31). The van der Waals surface area contributed by atoms with E-state index in [1.165, 1.54) is 23.3 Å². The molecule has 0 radical (unpaired) electrons. The van der Waals surface area contributed by atoms with E-state index in [0.29, 0.717) is 0 Å². The SMILES string of the molecule is O=C(Cc1ccc([N+](=O)[O-])cc1)Nc1ccc(CN2CCN(Cc3ccccc3)CC2)cc1. The van der Waals surface area contributed by atoms with Crippen LogP contribution in [0.3, 0.4) is 0 Å². The molecule has 3 aromatic rings. The predicted octanol–water partition coefficient (Wildman–Crippen LogP) is 4.09. The molecule has 1 saturated heterocycles. The Kier molecular flexibility index (Phi) is 7.44. The first-order chi connectivity index (χ1) is 16.0. The fraction of sp³-hybridized carbons (Fsp3) is 0.269. The quantitative estimate of drug-likeness (QED) is 0.418. The molecule has 0 aliphatic carbocycles. The third-order valence-electron chi connectivity index (χ3n) is 5.87. The van der Waals surface area contributed by atoms with Crippen LogP contribution in [0, 0.1) is 10.1 Å². The highest BCUT2D eigenvalue weighted by molar-refractivity contribution is 5.92. The first kappa shape index (κ1) is 22.6. The molecule has 33 heavy (non-hydrogen) atoms. The molecule has 3 aromatic carbocycles. The lowest BCUT2D eigenvalue weighted by Gasteiger charge is -2.34. The minimum absolute atomic E-state index is 0.0207. The van der Waals surface area contributed by atoms with E-state index in [9.17, 15) is 14.9 Å². The fourth-order valence-electron chi connectivity index (χ4n) is 4.02. The Bertz CT molecular complexity index is 1060. The third-order valence-corrected chi connectivity index (χ3v) is 5.87. The molecule has 0 unspecified atom stereocenters. The maximum absolute atomic E-state index is 12.3. The lowest BCUT2D eigenvalue weighted by Crippen LogP contribution is -2.45. The van der Waals surface area contributed by atoms with Crippen molar-refractivity contribution in [2.45, 2.75) is 19.5 Å². The van der Waals surface area contributed by atoms with E-state index in [1.54, 1.807) is 12.1 Å². The van der Waals surface area contributed by atoms with Crippen LogP contribution in [0.5, 0.6) is 0 Å². The molecule has 1 aliphatic heterocycles. The summed E-state index contributed by atoms with van der Waals surface area (Å²) in [4.78, 5) is 27.5. The summed E-state index contributed by atoms with van der Waals surface area (Å²) in [5.41, 5.74) is 4.09. The Morgan fingerprint density at radius 3 is 1.82 bits per heavy atom. The van der Waals surface area contributed by atoms with Gasteiger partial charge in [0.2, 0.25) is 5.91 Å². The summed E-state index contributed by atoms with van der Waals surface area (Å²) in [5.74, 6) is -0.147. The number of nitro groups is 1. The molecule has 7 heteroatoms. The van der Waals surface area contributed by atoms with Gasteiger partial charge in [0.1, 0.15) is 0 Å². The summed E-state index contributed by atoms with van der Waals surface area (Å²) in [7, 11) is 0. The van der Waals surface area contributed by atoms with Crippen LogP contribution in [0.15, 0.2) is 78.9 Å². The van der Waals surface area contributed by atoms with Crippen LogP contribution >= 0.6 is 0 Å². The monoisotopic (exact) mass is 444 g/mol. The summed E-state index contributed by atoms with van der Waals surface area (Å²) >= 11 is 0. The van der Waals surface area contributed by atoms with Gasteiger partial charge >= 0.3 is 0 Å². The highest BCUT2D eigenvalue weighted by atomic mass is 16.6. The number of nitrogens with zero attached hydrogens (tertiary/aromatic N) is 3. The van der Waals surface area contributed by atoms with Crippen molar-refractivity contribution in [2.24, 2.45) is 0 Å². The molecule has 0 bridgehead atoms. The lowest BCUT2D eigenvalue weighted by atomic mass is 10.1. The van der Waals surface area contributed by atoms with Gasteiger partial charge in [0.25, 0.3) is 5.69 Å². The number of rotatable bonds is 8. The van der Waals surface area contributed by atoms with E-state index in [4.69, 9.17) is 0 Å². The summed E-state index contributed by atoms with van der Waals surface area (Å²) in [6, 6.07) is 24.6. The molecular formula is C26H28N4O3. The van der Waals surface area contributed by atoms with Crippen LogP contribution in [-0.4, -0.2) is 46.8 Å². The molecule has 0 aromatic heterocycles. The first-order valence-corrected chi connectivity index (χ1v) is 11.2. The molecule has 1 N–H and O–H groups in total. The molecule has 1 aliphatic rings. The van der Waals surface area contributed by atoms with Crippen LogP contribution in [0.2, 0.25) is 0 Å². The van der Waals surface area contributed by atoms with Crippen LogP contribution < -0.4 is 5.32 Å². The highest BCUT2D eigenvalue weighted by Crippen LogP contribution is 2.16. The second-order valence-corrected chi connectivity index (χ2v) is 8.38. The van der Waals surface area contributed by atoms with Crippen molar-refractivity contribution in [2.75, 3.05) is 31.5 Å². The van der Waals surface area contributed by atoms with Gasteiger partial charge in [0, 0.05) is 57.1 Å². The van der Waals surface area contributed by atoms with E-state index < -0.39 is 4.92 Å². The third kappa shape index (κ3) is 6.71. The van der Waals surface area contributed by atoms with Crippen molar-refractivity contribution in [3.63, 3.8) is 0 Å². The number of hydrogen-bond acceptors (Lipinski definition) is 5. The van der Waals surface area contributed by atoms with E-state index in [-0.39, 0.29) is 18.0 Å². The maximum atomic E-state index is 12.3. The van der Waals surface area contributed by atoms with Gasteiger partial charge in [-0.25, -0.2) is 0 Å². The van der Waals surface area contributed by atoms with Crippen molar-refractivity contribution in [3.8, 4) is 0 Å². The summed E-state index contributed by atoms with van der Waals surface area (Å²) in [6.07, 6.45) is 0.174. The zero-order valence-electron chi connectivity index (χ0n) is 18.5. The Hall–Kier alpha value is -3.55. The number of non-ortho nitro benzene ring substituents is 1. The van der Waals surface area contributed by atoms with Gasteiger partial charge in [-0.3, -0.25) is 24.7 Å². The normalized spacial score (nSPS) is 14.7. The van der Waals surface area contributed by atoms with Crippen molar-refractivity contribution in [1.29, 1.82) is 0 Å². The molecule has 1 fully saturated rings. The first-order valence-electron chi connectivity index (χ1n) is 11.2. The number of nitro benzene ring substituents is 1. The van der Waals surface area contributed by atoms with Gasteiger partial charge < -0.3 is 5.32 Å². The molecule has 170 valence electrons. The Labute approximate surface area is 193 Å². The number of hydrogen-bond donors (Lipinski definition) is 1. The predicted molar refractivity (Wildman–Crippen MR) is 129 cm³/mol. The zero-order chi connectivity index (χ0) is 23.0. The van der Waals surface area contributed by atoms with Crippen molar-refractivity contribution in [1.82, 2.24) is 9.80 Å². The molecule has 1 amide bonds. The fourth-order valence-corrected chi connectivity index (χ4v) is 4.02. The van der Waals surface area contributed by atoms with Crippen LogP contribution in [0.25, 0.3) is 0 Å². The maximum Gasteiger partial charge on any atom is 0.269 e. The van der Waals surface area contributed by atoms with Gasteiger partial charge in [-0.15, -0.1) is 0 Å². The van der Waals surface area contributed by atoms with Crippen molar-refractivity contribution < 1.29 is 9.72 Å². The molecular weight excluding hydrogens is 416 g/mol. The molecule has 1 heterocycles. The second kappa shape index (κ2) is 10.8. The largest absolute Gasteiger partial charge is 0.326 e. The van der Waals surface area contributed by atoms with Crippen LogP contribution in [-0.2, 0) is 24.3 Å². The smallest absolute Gasteiger partial charge is 0.269 e. The van der Waals surface area contributed by atoms with Crippen LogP contribution in [0.4, 0.5) is 11.4 Å². The minimum atomic E-state index is -0.448. The number of nitrogens with one attached hydrogen (secondary N) is 1. The molecule has 7 nitrogen and oxygen atoms in total. The molecule has 4 rings (SSSR count). The topological polar surface area (TPSA) is 78.7 Å². The molecule has 0 saturated carbocycles. The minimum Gasteiger partial charge on any atom is -0.326 e. The van der Waals surface area contributed by atoms with Crippen LogP contribution in [0.1, 0.15) is 16.7 Å². The average Bonchev–Trinajstić information content (AvgIpc) is 2.82. The number of amides is 1. The number of anilines is 1. The van der Waals surface area contributed by atoms with Gasteiger partial charge in [-0.1, -0.05) is 54.6 Å². The zero-order valence-corrected chi connectivity index (χ0v) is 18.5. The number of benzene rings is 3. The summed E-state index contributed by atoms with van der Waals surface area (Å²) in [6.45, 7) is 6.11. The van der Waals surface area contributed by atoms with E-state index in [0.717, 1.165) is 50.5 Å². The van der Waals surface area contributed by atoms with Crippen molar-refractivity contribution in [3.05, 3.63) is 106 Å². The Balaban J connectivity index is 1.21. The van der Waals surface area contributed by atoms with Gasteiger partial charge in [-0.05, 0) is 28.8 Å². The lowest BCUT2D eigenvalue weighted by molar-refractivity contribution is -0.384. The van der Waals surface area contributed by atoms with Gasteiger partial charge in [0.15, 0.2) is 0 Å². The van der Waals surface area contributed by atoms with E-state index in [1.807, 2.05) is 12.1 Å². The molecule has 0 spiro atoms. The Morgan fingerprint density at radius 1 is 0.758 bits per heavy atom. The number of carbonyl (C=O) groups excluding carboxylic acids is 1. The molecule has 0 atom stereocenters. The average molecular weight is 445 g/mol. The van der Waals surface area contributed by atoms with Crippen molar-refractivity contribution >= 4 is 17.3 Å². The van der Waals surface area contributed by atoms with Gasteiger partial charge in [-0.2, -0.15) is 0 Å². The van der Waals surface area contributed by atoms with E-state index >= 15 is 0 Å². The number of piperazine rings is 1. The number of carbonyl (C=O) groups is 1. The second-order valence-electron chi connectivity index (χ2n) is 8.38. The van der Waals surface area contributed by atoms with Gasteiger partial charge in [0.05, 0.1) is 11.3 Å².